The van der Waals surface area contributed by atoms with Crippen molar-refractivity contribution in [3.8, 4) is 17.3 Å². The van der Waals surface area contributed by atoms with E-state index in [1.165, 1.54) is 12.1 Å². The van der Waals surface area contributed by atoms with Crippen LogP contribution in [-0.2, 0) is 6.42 Å². The first-order valence-corrected chi connectivity index (χ1v) is 7.73. The average Bonchev–Trinajstić information content (AvgIpc) is 2.93. The molecule has 0 bridgehead atoms. The molecule has 23 heavy (non-hydrogen) atoms. The highest BCUT2D eigenvalue weighted by Gasteiger charge is 2.14. The molecule has 3 rings (SSSR count). The first-order chi connectivity index (χ1) is 11.2. The van der Waals surface area contributed by atoms with Crippen LogP contribution in [0, 0.1) is 17.1 Å². The van der Waals surface area contributed by atoms with E-state index < -0.39 is 0 Å². The van der Waals surface area contributed by atoms with E-state index in [0.29, 0.717) is 12.1 Å². The number of aryl methyl sites for hydroxylation is 1. The molecule has 0 unspecified atom stereocenters. The molecule has 0 spiro atoms. The van der Waals surface area contributed by atoms with Gasteiger partial charge in [-0.25, -0.2) is 4.39 Å². The number of nitrogens with one attached hydrogen (secondary N) is 1. The molecule has 3 N–H and O–H groups in total. The standard InChI is InChI=1S/C19H18FN3/c20-15-5-3-4-14(11-15)19-16(6-1-2-9-21)17-10-13(12-22)7-8-18(17)23-19/h3-5,7-8,10-11,23H,1-2,6,9,21H2. The van der Waals surface area contributed by atoms with Gasteiger partial charge in [0.25, 0.3) is 0 Å². The summed E-state index contributed by atoms with van der Waals surface area (Å²) < 4.78 is 13.6. The number of aromatic nitrogens is 1. The number of nitriles is 1. The average molecular weight is 307 g/mol. The number of nitrogens with two attached hydrogens (primary N) is 1. The minimum absolute atomic E-state index is 0.258. The van der Waals surface area contributed by atoms with Gasteiger partial charge >= 0.3 is 0 Å². The van der Waals surface area contributed by atoms with E-state index in [-0.39, 0.29) is 5.82 Å². The first kappa shape index (κ1) is 15.3. The second kappa shape index (κ2) is 6.64. The highest BCUT2D eigenvalue weighted by atomic mass is 19.1. The van der Waals surface area contributed by atoms with Crippen molar-refractivity contribution in [1.82, 2.24) is 4.98 Å². The number of hydrogen-bond acceptors (Lipinski definition) is 2. The molecule has 0 amide bonds. The van der Waals surface area contributed by atoms with Gasteiger partial charge in [-0.2, -0.15) is 5.26 Å². The van der Waals surface area contributed by atoms with Crippen LogP contribution in [0.2, 0.25) is 0 Å². The molecule has 0 aliphatic carbocycles. The lowest BCUT2D eigenvalue weighted by atomic mass is 9.99. The third-order valence-electron chi connectivity index (χ3n) is 4.03. The zero-order valence-electron chi connectivity index (χ0n) is 12.8. The lowest BCUT2D eigenvalue weighted by Gasteiger charge is -2.05. The van der Waals surface area contributed by atoms with Crippen molar-refractivity contribution < 1.29 is 4.39 Å². The van der Waals surface area contributed by atoms with Crippen LogP contribution in [-0.4, -0.2) is 11.5 Å². The maximum atomic E-state index is 13.6. The van der Waals surface area contributed by atoms with Crippen LogP contribution >= 0.6 is 0 Å². The van der Waals surface area contributed by atoms with Crippen LogP contribution in [0.4, 0.5) is 4.39 Å². The molecule has 0 aliphatic heterocycles. The number of aromatic amines is 1. The van der Waals surface area contributed by atoms with Crippen molar-refractivity contribution in [2.45, 2.75) is 19.3 Å². The van der Waals surface area contributed by atoms with Gasteiger partial charge in [0.1, 0.15) is 5.82 Å². The zero-order chi connectivity index (χ0) is 16.2. The van der Waals surface area contributed by atoms with Gasteiger partial charge in [0, 0.05) is 22.2 Å². The third-order valence-corrected chi connectivity index (χ3v) is 4.03. The van der Waals surface area contributed by atoms with E-state index in [9.17, 15) is 4.39 Å². The largest absolute Gasteiger partial charge is 0.354 e. The minimum atomic E-state index is -0.258. The monoisotopic (exact) mass is 307 g/mol. The van der Waals surface area contributed by atoms with Crippen molar-refractivity contribution in [2.75, 3.05) is 6.54 Å². The minimum Gasteiger partial charge on any atom is -0.354 e. The van der Waals surface area contributed by atoms with E-state index in [4.69, 9.17) is 11.0 Å². The summed E-state index contributed by atoms with van der Waals surface area (Å²) in [5.74, 6) is -0.258. The van der Waals surface area contributed by atoms with Crippen molar-refractivity contribution >= 4 is 10.9 Å². The number of rotatable bonds is 5. The number of benzene rings is 2. The van der Waals surface area contributed by atoms with E-state index in [1.54, 1.807) is 12.1 Å². The van der Waals surface area contributed by atoms with Gasteiger partial charge in [0.15, 0.2) is 0 Å². The Hall–Kier alpha value is -2.64. The van der Waals surface area contributed by atoms with Crippen LogP contribution < -0.4 is 5.73 Å². The van der Waals surface area contributed by atoms with Gasteiger partial charge in [-0.05, 0) is 61.7 Å². The topological polar surface area (TPSA) is 65.6 Å². The summed E-state index contributed by atoms with van der Waals surface area (Å²) in [5.41, 5.74) is 10.1. The van der Waals surface area contributed by atoms with Gasteiger partial charge < -0.3 is 10.7 Å². The molecule has 0 saturated heterocycles. The number of hydrogen-bond donors (Lipinski definition) is 2. The Balaban J connectivity index is 2.15. The lowest BCUT2D eigenvalue weighted by Crippen LogP contribution is -1.99. The normalized spacial score (nSPS) is 10.8. The van der Waals surface area contributed by atoms with Gasteiger partial charge in [-0.3, -0.25) is 0 Å². The SMILES string of the molecule is N#Cc1ccc2[nH]c(-c3cccc(F)c3)c(CCCCN)c2c1. The molecule has 1 heterocycles. The summed E-state index contributed by atoms with van der Waals surface area (Å²) in [7, 11) is 0. The number of fused-ring (bicyclic) bond motifs is 1. The summed E-state index contributed by atoms with van der Waals surface area (Å²) >= 11 is 0. The Morgan fingerprint density at radius 2 is 2.00 bits per heavy atom. The van der Waals surface area contributed by atoms with Crippen LogP contribution in [0.1, 0.15) is 24.0 Å². The first-order valence-electron chi connectivity index (χ1n) is 7.73. The molecule has 0 aliphatic rings. The van der Waals surface area contributed by atoms with Gasteiger partial charge in [-0.1, -0.05) is 12.1 Å². The Bertz CT molecular complexity index is 874. The number of halogens is 1. The predicted octanol–water partition coefficient (Wildman–Crippen LogP) is 4.13. The molecule has 0 radical (unpaired) electrons. The molecule has 3 nitrogen and oxygen atoms in total. The van der Waals surface area contributed by atoms with Crippen LogP contribution in [0.15, 0.2) is 42.5 Å². The maximum absolute atomic E-state index is 13.6. The molecule has 3 aromatic rings. The van der Waals surface area contributed by atoms with Gasteiger partial charge in [0.2, 0.25) is 0 Å². The molecule has 1 aromatic heterocycles. The van der Waals surface area contributed by atoms with E-state index in [0.717, 1.165) is 47.0 Å². The smallest absolute Gasteiger partial charge is 0.123 e. The summed E-state index contributed by atoms with van der Waals surface area (Å²) in [6, 6.07) is 14.3. The van der Waals surface area contributed by atoms with Crippen molar-refractivity contribution in [3.05, 3.63) is 59.4 Å². The molecule has 0 atom stereocenters. The molecule has 2 aromatic carbocycles. The van der Waals surface area contributed by atoms with E-state index in [2.05, 4.69) is 11.1 Å². The molecule has 116 valence electrons. The summed E-state index contributed by atoms with van der Waals surface area (Å²) in [6.45, 7) is 0.654. The molecular formula is C19H18FN3. The third kappa shape index (κ3) is 3.10. The lowest BCUT2D eigenvalue weighted by molar-refractivity contribution is 0.628. The van der Waals surface area contributed by atoms with E-state index in [1.807, 2.05) is 18.2 Å². The van der Waals surface area contributed by atoms with Crippen LogP contribution in [0.5, 0.6) is 0 Å². The number of nitrogens with zero attached hydrogens (tertiary/aromatic N) is 1. The Morgan fingerprint density at radius 3 is 2.74 bits per heavy atom. The van der Waals surface area contributed by atoms with Crippen molar-refractivity contribution in [1.29, 1.82) is 5.26 Å². The van der Waals surface area contributed by atoms with Crippen molar-refractivity contribution in [2.24, 2.45) is 5.73 Å². The Morgan fingerprint density at radius 1 is 1.13 bits per heavy atom. The fourth-order valence-electron chi connectivity index (χ4n) is 2.91. The predicted molar refractivity (Wildman–Crippen MR) is 90.4 cm³/mol. The highest BCUT2D eigenvalue weighted by molar-refractivity contribution is 5.91. The molecule has 4 heteroatoms. The molecule has 0 saturated carbocycles. The molecular weight excluding hydrogens is 289 g/mol. The Kier molecular flexibility index (Phi) is 4.40. The quantitative estimate of drug-likeness (QED) is 0.696. The summed E-state index contributed by atoms with van der Waals surface area (Å²) in [6.07, 6.45) is 2.74. The second-order valence-corrected chi connectivity index (χ2v) is 5.61. The number of H-pyrrole nitrogens is 1. The summed E-state index contributed by atoms with van der Waals surface area (Å²) in [4.78, 5) is 3.38. The van der Waals surface area contributed by atoms with Crippen LogP contribution in [0.25, 0.3) is 22.2 Å². The number of unbranched alkanes of at least 4 members (excludes halogenated alkanes) is 1. The van der Waals surface area contributed by atoms with Crippen molar-refractivity contribution in [3.63, 3.8) is 0 Å². The second-order valence-electron chi connectivity index (χ2n) is 5.61. The van der Waals surface area contributed by atoms with Gasteiger partial charge in [0.05, 0.1) is 11.6 Å². The molecule has 0 fully saturated rings. The Labute approximate surface area is 134 Å². The highest BCUT2D eigenvalue weighted by Crippen LogP contribution is 2.32. The van der Waals surface area contributed by atoms with Gasteiger partial charge in [-0.15, -0.1) is 0 Å². The zero-order valence-corrected chi connectivity index (χ0v) is 12.8. The van der Waals surface area contributed by atoms with E-state index >= 15 is 0 Å². The fourth-order valence-corrected chi connectivity index (χ4v) is 2.91. The van der Waals surface area contributed by atoms with Crippen LogP contribution in [0.3, 0.4) is 0 Å². The fraction of sp³-hybridized carbons (Fsp3) is 0.211. The maximum Gasteiger partial charge on any atom is 0.123 e. The summed E-state index contributed by atoms with van der Waals surface area (Å²) in [5, 5.41) is 10.2.